The fourth-order valence-electron chi connectivity index (χ4n) is 1.90. The van der Waals surface area contributed by atoms with Crippen LogP contribution in [0.1, 0.15) is 0 Å². The Morgan fingerprint density at radius 1 is 1.44 bits per heavy atom. The SMILES string of the molecule is C[N+]1(C)CC(=O)Nc2cc([N+](=O)[O-])ccc21. The highest BCUT2D eigenvalue weighted by atomic mass is 16.6. The standard InChI is InChI=1S/C10H11N3O3/c1-13(2)6-10(14)11-8-5-7(12(15)16)3-4-9(8)13/h3-5H,6H2,1-2H3/p+1. The van der Waals surface area contributed by atoms with Gasteiger partial charge in [-0.15, -0.1) is 0 Å². The molecule has 0 aromatic heterocycles. The lowest BCUT2D eigenvalue weighted by Gasteiger charge is -2.33. The molecular weight excluding hydrogens is 210 g/mol. The predicted molar refractivity (Wildman–Crippen MR) is 60.2 cm³/mol. The van der Waals surface area contributed by atoms with Crippen LogP contribution in [0.2, 0.25) is 0 Å². The largest absolute Gasteiger partial charge is 0.316 e. The number of nitro groups is 1. The Hall–Kier alpha value is -1.95. The average molecular weight is 222 g/mol. The second-order valence-electron chi connectivity index (χ2n) is 4.35. The fourth-order valence-corrected chi connectivity index (χ4v) is 1.90. The molecule has 1 aromatic rings. The van der Waals surface area contributed by atoms with Gasteiger partial charge in [0.2, 0.25) is 0 Å². The topological polar surface area (TPSA) is 72.2 Å². The summed E-state index contributed by atoms with van der Waals surface area (Å²) in [6, 6.07) is 4.54. The molecule has 6 nitrogen and oxygen atoms in total. The zero-order chi connectivity index (χ0) is 11.9. The number of hydrogen-bond donors (Lipinski definition) is 1. The van der Waals surface area contributed by atoms with Crippen molar-refractivity contribution in [2.75, 3.05) is 26.0 Å². The number of carbonyl (C=O) groups is 1. The Kier molecular flexibility index (Phi) is 2.16. The van der Waals surface area contributed by atoms with Gasteiger partial charge in [0.05, 0.1) is 19.0 Å². The van der Waals surface area contributed by atoms with Gasteiger partial charge in [-0.1, -0.05) is 0 Å². The molecule has 1 aliphatic heterocycles. The molecular formula is C10H12N3O3+. The van der Waals surface area contributed by atoms with Crippen LogP contribution in [0.3, 0.4) is 0 Å². The van der Waals surface area contributed by atoms with E-state index in [1.165, 1.54) is 12.1 Å². The van der Waals surface area contributed by atoms with E-state index >= 15 is 0 Å². The maximum atomic E-state index is 11.4. The fraction of sp³-hybridized carbons (Fsp3) is 0.300. The van der Waals surface area contributed by atoms with Crippen LogP contribution in [0, 0.1) is 10.1 Å². The van der Waals surface area contributed by atoms with Crippen LogP contribution in [0.15, 0.2) is 18.2 Å². The van der Waals surface area contributed by atoms with Gasteiger partial charge >= 0.3 is 0 Å². The summed E-state index contributed by atoms with van der Waals surface area (Å²) in [7, 11) is 3.78. The third-order valence-corrected chi connectivity index (χ3v) is 2.66. The van der Waals surface area contributed by atoms with Crippen LogP contribution in [-0.2, 0) is 4.79 Å². The van der Waals surface area contributed by atoms with E-state index in [0.717, 1.165) is 5.69 Å². The number of quaternary nitrogens is 1. The van der Waals surface area contributed by atoms with Gasteiger partial charge in [-0.05, 0) is 0 Å². The third kappa shape index (κ3) is 1.63. The summed E-state index contributed by atoms with van der Waals surface area (Å²) < 4.78 is 0.402. The summed E-state index contributed by atoms with van der Waals surface area (Å²) in [5.74, 6) is -0.127. The van der Waals surface area contributed by atoms with Gasteiger partial charge in [0.25, 0.3) is 11.6 Å². The Morgan fingerprint density at radius 3 is 2.75 bits per heavy atom. The van der Waals surface area contributed by atoms with E-state index in [1.54, 1.807) is 6.07 Å². The number of fused-ring (bicyclic) bond motifs is 1. The van der Waals surface area contributed by atoms with Crippen LogP contribution in [0.5, 0.6) is 0 Å². The maximum Gasteiger partial charge on any atom is 0.280 e. The lowest BCUT2D eigenvalue weighted by atomic mass is 10.1. The van der Waals surface area contributed by atoms with E-state index in [-0.39, 0.29) is 11.6 Å². The molecule has 0 fully saturated rings. The molecule has 0 radical (unpaired) electrons. The Balaban J connectivity index is 2.55. The average Bonchev–Trinajstić information content (AvgIpc) is 2.14. The number of hydrogen-bond acceptors (Lipinski definition) is 3. The number of nitro benzene ring substituents is 1. The molecule has 1 heterocycles. The summed E-state index contributed by atoms with van der Waals surface area (Å²) in [5, 5.41) is 13.3. The molecule has 0 unspecified atom stereocenters. The Labute approximate surface area is 92.2 Å². The molecule has 1 N–H and O–H groups in total. The van der Waals surface area contributed by atoms with E-state index < -0.39 is 4.92 Å². The predicted octanol–water partition coefficient (Wildman–Crippen LogP) is 1.11. The van der Waals surface area contributed by atoms with Crippen molar-refractivity contribution in [3.05, 3.63) is 28.3 Å². The first-order valence-corrected chi connectivity index (χ1v) is 4.82. The second kappa shape index (κ2) is 3.28. The van der Waals surface area contributed by atoms with Crippen LogP contribution in [-0.4, -0.2) is 31.5 Å². The van der Waals surface area contributed by atoms with Gasteiger partial charge in [0, 0.05) is 18.2 Å². The monoisotopic (exact) mass is 222 g/mol. The molecule has 0 saturated heterocycles. The summed E-state index contributed by atoms with van der Waals surface area (Å²) in [5.41, 5.74) is 1.39. The number of anilines is 1. The quantitative estimate of drug-likeness (QED) is 0.439. The highest BCUT2D eigenvalue weighted by Crippen LogP contribution is 2.35. The van der Waals surface area contributed by atoms with Crippen molar-refractivity contribution >= 4 is 23.0 Å². The van der Waals surface area contributed by atoms with Crippen LogP contribution < -0.4 is 9.80 Å². The number of non-ortho nitro benzene ring substituents is 1. The smallest absolute Gasteiger partial charge is 0.280 e. The lowest BCUT2D eigenvalue weighted by Crippen LogP contribution is -2.50. The Bertz CT molecular complexity index is 482. The van der Waals surface area contributed by atoms with Crippen molar-refractivity contribution in [3.8, 4) is 0 Å². The summed E-state index contributed by atoms with van der Waals surface area (Å²) >= 11 is 0. The van der Waals surface area contributed by atoms with Crippen molar-refractivity contribution in [3.63, 3.8) is 0 Å². The van der Waals surface area contributed by atoms with Crippen molar-refractivity contribution in [1.82, 2.24) is 4.48 Å². The van der Waals surface area contributed by atoms with Crippen LogP contribution >= 0.6 is 0 Å². The van der Waals surface area contributed by atoms with Gasteiger partial charge in [-0.2, -0.15) is 0 Å². The van der Waals surface area contributed by atoms with Gasteiger partial charge in [0.15, 0.2) is 12.2 Å². The molecule has 84 valence electrons. The first kappa shape index (κ1) is 10.6. The number of benzene rings is 1. The van der Waals surface area contributed by atoms with Crippen molar-refractivity contribution < 1.29 is 9.72 Å². The third-order valence-electron chi connectivity index (χ3n) is 2.66. The Morgan fingerprint density at radius 2 is 2.12 bits per heavy atom. The van der Waals surface area contributed by atoms with Crippen LogP contribution in [0.4, 0.5) is 17.1 Å². The molecule has 0 bridgehead atoms. The first-order valence-electron chi connectivity index (χ1n) is 4.82. The molecule has 0 atom stereocenters. The summed E-state index contributed by atoms with van der Waals surface area (Å²) in [6.07, 6.45) is 0. The molecule has 1 aliphatic rings. The number of likely N-dealkylation sites (N-methyl/N-ethyl adjacent to an activating group) is 1. The molecule has 1 amide bonds. The van der Waals surface area contributed by atoms with E-state index in [4.69, 9.17) is 0 Å². The van der Waals surface area contributed by atoms with E-state index in [9.17, 15) is 14.9 Å². The van der Waals surface area contributed by atoms with E-state index in [2.05, 4.69) is 5.32 Å². The molecule has 0 aliphatic carbocycles. The summed E-state index contributed by atoms with van der Waals surface area (Å²) in [6.45, 7) is 0.338. The number of nitrogens with zero attached hydrogens (tertiary/aromatic N) is 2. The minimum atomic E-state index is -0.471. The number of rotatable bonds is 1. The molecule has 6 heteroatoms. The second-order valence-corrected chi connectivity index (χ2v) is 4.35. The minimum absolute atomic E-state index is 0.0130. The summed E-state index contributed by atoms with van der Waals surface area (Å²) in [4.78, 5) is 21.6. The van der Waals surface area contributed by atoms with E-state index in [1.807, 2.05) is 14.1 Å². The zero-order valence-corrected chi connectivity index (χ0v) is 9.06. The highest BCUT2D eigenvalue weighted by Gasteiger charge is 2.33. The van der Waals surface area contributed by atoms with Crippen molar-refractivity contribution in [2.45, 2.75) is 0 Å². The maximum absolute atomic E-state index is 11.4. The normalized spacial score (nSPS) is 17.5. The van der Waals surface area contributed by atoms with Crippen molar-refractivity contribution in [2.24, 2.45) is 0 Å². The number of carbonyl (C=O) groups excluding carboxylic acids is 1. The van der Waals surface area contributed by atoms with Crippen molar-refractivity contribution in [1.29, 1.82) is 0 Å². The zero-order valence-electron chi connectivity index (χ0n) is 9.06. The number of amides is 1. The number of nitrogens with one attached hydrogen (secondary N) is 1. The van der Waals surface area contributed by atoms with Gasteiger partial charge < -0.3 is 5.32 Å². The molecule has 0 saturated carbocycles. The van der Waals surface area contributed by atoms with Gasteiger partial charge in [0.1, 0.15) is 5.69 Å². The van der Waals surface area contributed by atoms with Gasteiger partial charge in [-0.3, -0.25) is 19.4 Å². The van der Waals surface area contributed by atoms with Gasteiger partial charge in [-0.25, -0.2) is 0 Å². The highest BCUT2D eigenvalue weighted by molar-refractivity contribution is 6.00. The minimum Gasteiger partial charge on any atom is -0.316 e. The first-order chi connectivity index (χ1) is 7.40. The molecule has 1 aromatic carbocycles. The molecule has 2 rings (SSSR count). The molecule has 16 heavy (non-hydrogen) atoms. The lowest BCUT2D eigenvalue weighted by molar-refractivity contribution is -0.384. The van der Waals surface area contributed by atoms with E-state index in [0.29, 0.717) is 16.7 Å². The molecule has 0 spiro atoms. The van der Waals surface area contributed by atoms with Crippen LogP contribution in [0.25, 0.3) is 0 Å².